The van der Waals surface area contributed by atoms with Crippen molar-refractivity contribution in [2.45, 2.75) is 38.4 Å². The van der Waals surface area contributed by atoms with Gasteiger partial charge in [0.05, 0.1) is 5.69 Å². The van der Waals surface area contributed by atoms with E-state index >= 15 is 0 Å². The third-order valence-electron chi connectivity index (χ3n) is 4.58. The number of benzene rings is 1. The molecule has 5 heteroatoms. The molecular formula is C19H23F2N3. The highest BCUT2D eigenvalue weighted by molar-refractivity contribution is 5.20. The van der Waals surface area contributed by atoms with Crippen LogP contribution < -0.4 is 5.32 Å². The molecule has 0 spiro atoms. The minimum atomic E-state index is -0.479. The van der Waals surface area contributed by atoms with Crippen LogP contribution in [-0.4, -0.2) is 29.0 Å². The van der Waals surface area contributed by atoms with E-state index in [1.54, 1.807) is 6.20 Å². The number of halogens is 2. The average Bonchev–Trinajstić information content (AvgIpc) is 2.87. The van der Waals surface area contributed by atoms with Crippen LogP contribution in [0.2, 0.25) is 0 Å². The van der Waals surface area contributed by atoms with Crippen LogP contribution in [0.25, 0.3) is 0 Å². The standard InChI is InChI=1S/C19H23F2N3/c20-18-7-3-8-19(21)17(18)14-24(13-15-5-1-2-11-23-15)16-6-4-10-22-12-9-16/h1-3,5,7-8,11,16,22H,4,6,9-10,12-14H2. The number of hydrogen-bond donors (Lipinski definition) is 1. The van der Waals surface area contributed by atoms with Crippen molar-refractivity contribution in [2.75, 3.05) is 13.1 Å². The van der Waals surface area contributed by atoms with E-state index < -0.39 is 11.6 Å². The van der Waals surface area contributed by atoms with E-state index in [9.17, 15) is 8.78 Å². The van der Waals surface area contributed by atoms with Crippen LogP contribution >= 0.6 is 0 Å². The molecule has 0 bridgehead atoms. The van der Waals surface area contributed by atoms with E-state index in [2.05, 4.69) is 15.2 Å². The van der Waals surface area contributed by atoms with Gasteiger partial charge in [0.25, 0.3) is 0 Å². The summed E-state index contributed by atoms with van der Waals surface area (Å²) in [7, 11) is 0. The second-order valence-electron chi connectivity index (χ2n) is 6.26. The van der Waals surface area contributed by atoms with Crippen LogP contribution in [0.5, 0.6) is 0 Å². The number of rotatable bonds is 5. The molecule has 2 heterocycles. The lowest BCUT2D eigenvalue weighted by atomic mass is 10.0. The minimum Gasteiger partial charge on any atom is -0.317 e. The highest BCUT2D eigenvalue weighted by atomic mass is 19.1. The van der Waals surface area contributed by atoms with Crippen LogP contribution in [0.4, 0.5) is 8.78 Å². The van der Waals surface area contributed by atoms with Gasteiger partial charge in [-0.15, -0.1) is 0 Å². The first-order chi connectivity index (χ1) is 11.7. The fourth-order valence-electron chi connectivity index (χ4n) is 3.27. The lowest BCUT2D eigenvalue weighted by Gasteiger charge is -2.31. The summed E-state index contributed by atoms with van der Waals surface area (Å²) in [6.07, 6.45) is 4.83. The van der Waals surface area contributed by atoms with Gasteiger partial charge in [-0.3, -0.25) is 9.88 Å². The van der Waals surface area contributed by atoms with Crippen molar-refractivity contribution in [1.82, 2.24) is 15.2 Å². The van der Waals surface area contributed by atoms with E-state index in [1.807, 2.05) is 18.2 Å². The lowest BCUT2D eigenvalue weighted by Crippen LogP contribution is -2.35. The molecule has 1 aliphatic rings. The molecule has 2 aromatic rings. The highest BCUT2D eigenvalue weighted by Crippen LogP contribution is 2.22. The van der Waals surface area contributed by atoms with E-state index in [-0.39, 0.29) is 12.1 Å². The largest absolute Gasteiger partial charge is 0.317 e. The summed E-state index contributed by atoms with van der Waals surface area (Å²) in [5.41, 5.74) is 1.07. The number of hydrogen-bond acceptors (Lipinski definition) is 3. The van der Waals surface area contributed by atoms with Crippen molar-refractivity contribution in [2.24, 2.45) is 0 Å². The third kappa shape index (κ3) is 4.36. The molecule has 0 amide bonds. The van der Waals surface area contributed by atoms with Gasteiger partial charge in [0.1, 0.15) is 11.6 Å². The Hall–Kier alpha value is -1.85. The molecule has 1 N–H and O–H groups in total. The maximum Gasteiger partial charge on any atom is 0.130 e. The van der Waals surface area contributed by atoms with Crippen LogP contribution in [0.15, 0.2) is 42.6 Å². The summed E-state index contributed by atoms with van der Waals surface area (Å²) in [6, 6.07) is 10.1. The van der Waals surface area contributed by atoms with Gasteiger partial charge < -0.3 is 5.32 Å². The van der Waals surface area contributed by atoms with Crippen molar-refractivity contribution in [3.63, 3.8) is 0 Å². The zero-order chi connectivity index (χ0) is 16.8. The van der Waals surface area contributed by atoms with E-state index in [0.29, 0.717) is 12.6 Å². The third-order valence-corrected chi connectivity index (χ3v) is 4.58. The topological polar surface area (TPSA) is 28.2 Å². The van der Waals surface area contributed by atoms with Gasteiger partial charge in [0, 0.05) is 30.9 Å². The van der Waals surface area contributed by atoms with Crippen LogP contribution in [0, 0.1) is 11.6 Å². The predicted octanol–water partition coefficient (Wildman–Crippen LogP) is 3.50. The van der Waals surface area contributed by atoms with E-state index in [0.717, 1.165) is 38.0 Å². The second-order valence-corrected chi connectivity index (χ2v) is 6.26. The van der Waals surface area contributed by atoms with Gasteiger partial charge in [0.2, 0.25) is 0 Å². The maximum absolute atomic E-state index is 14.1. The van der Waals surface area contributed by atoms with Gasteiger partial charge in [-0.05, 0) is 56.6 Å². The van der Waals surface area contributed by atoms with Gasteiger partial charge in [-0.2, -0.15) is 0 Å². The molecular weight excluding hydrogens is 308 g/mol. The molecule has 128 valence electrons. The van der Waals surface area contributed by atoms with Gasteiger partial charge in [0.15, 0.2) is 0 Å². The first-order valence-electron chi connectivity index (χ1n) is 8.51. The molecule has 1 aliphatic heterocycles. The fourth-order valence-corrected chi connectivity index (χ4v) is 3.27. The molecule has 1 atom stereocenters. The Kier molecular flexibility index (Phi) is 5.88. The summed E-state index contributed by atoms with van der Waals surface area (Å²) in [6.45, 7) is 2.80. The molecule has 1 fully saturated rings. The first-order valence-corrected chi connectivity index (χ1v) is 8.51. The van der Waals surface area contributed by atoms with Crippen molar-refractivity contribution >= 4 is 0 Å². The highest BCUT2D eigenvalue weighted by Gasteiger charge is 2.23. The van der Waals surface area contributed by atoms with Crippen LogP contribution in [-0.2, 0) is 13.1 Å². The predicted molar refractivity (Wildman–Crippen MR) is 90.4 cm³/mol. The fraction of sp³-hybridized carbons (Fsp3) is 0.421. The van der Waals surface area contributed by atoms with Crippen molar-refractivity contribution < 1.29 is 8.78 Å². The average molecular weight is 331 g/mol. The summed E-state index contributed by atoms with van der Waals surface area (Å²) in [5.74, 6) is -0.958. The van der Waals surface area contributed by atoms with Crippen LogP contribution in [0.1, 0.15) is 30.5 Å². The Morgan fingerprint density at radius 2 is 1.83 bits per heavy atom. The SMILES string of the molecule is Fc1cccc(F)c1CN(Cc1ccccn1)C1CCCNCC1. The van der Waals surface area contributed by atoms with Gasteiger partial charge >= 0.3 is 0 Å². The second kappa shape index (κ2) is 8.31. The lowest BCUT2D eigenvalue weighted by molar-refractivity contribution is 0.158. The monoisotopic (exact) mass is 331 g/mol. The Morgan fingerprint density at radius 1 is 1.00 bits per heavy atom. The van der Waals surface area contributed by atoms with E-state index in [4.69, 9.17) is 0 Å². The number of nitrogens with one attached hydrogen (secondary N) is 1. The summed E-state index contributed by atoms with van der Waals surface area (Å²) >= 11 is 0. The Labute approximate surface area is 141 Å². The molecule has 3 nitrogen and oxygen atoms in total. The minimum absolute atomic E-state index is 0.144. The molecule has 3 rings (SSSR count). The first kappa shape index (κ1) is 17.0. The van der Waals surface area contributed by atoms with Crippen molar-refractivity contribution in [3.8, 4) is 0 Å². The Morgan fingerprint density at radius 3 is 2.58 bits per heavy atom. The Bertz CT molecular complexity index is 620. The zero-order valence-corrected chi connectivity index (χ0v) is 13.7. The van der Waals surface area contributed by atoms with Gasteiger partial charge in [-0.25, -0.2) is 8.78 Å². The quantitative estimate of drug-likeness (QED) is 0.909. The Balaban J connectivity index is 1.83. The molecule has 0 aliphatic carbocycles. The van der Waals surface area contributed by atoms with Crippen molar-refractivity contribution in [3.05, 3.63) is 65.5 Å². The summed E-state index contributed by atoms with van der Waals surface area (Å²) < 4.78 is 28.2. The molecule has 0 radical (unpaired) electrons. The summed E-state index contributed by atoms with van der Waals surface area (Å²) in [5, 5.41) is 3.39. The maximum atomic E-state index is 14.1. The number of nitrogens with zero attached hydrogens (tertiary/aromatic N) is 2. The van der Waals surface area contributed by atoms with Gasteiger partial charge in [-0.1, -0.05) is 12.1 Å². The molecule has 0 saturated carbocycles. The summed E-state index contributed by atoms with van der Waals surface area (Å²) in [4.78, 5) is 6.54. The smallest absolute Gasteiger partial charge is 0.130 e. The zero-order valence-electron chi connectivity index (χ0n) is 13.7. The molecule has 1 aromatic heterocycles. The molecule has 1 saturated heterocycles. The van der Waals surface area contributed by atoms with Crippen molar-refractivity contribution in [1.29, 1.82) is 0 Å². The molecule has 24 heavy (non-hydrogen) atoms. The van der Waals surface area contributed by atoms with E-state index in [1.165, 1.54) is 18.2 Å². The van der Waals surface area contributed by atoms with Crippen LogP contribution in [0.3, 0.4) is 0 Å². The normalized spacial score (nSPS) is 18.5. The molecule has 1 aromatic carbocycles. The molecule has 1 unspecified atom stereocenters. The number of pyridine rings is 1. The number of aromatic nitrogens is 1.